The van der Waals surface area contributed by atoms with Gasteiger partial charge >= 0.3 is 6.03 Å². The van der Waals surface area contributed by atoms with Gasteiger partial charge in [0.1, 0.15) is 5.82 Å². The first-order valence-electron chi connectivity index (χ1n) is 10.5. The van der Waals surface area contributed by atoms with Crippen LogP contribution in [-0.4, -0.2) is 65.4 Å². The normalized spacial score (nSPS) is 16.6. The molecule has 0 unspecified atom stereocenters. The number of amides is 3. The van der Waals surface area contributed by atoms with Crippen molar-refractivity contribution in [3.05, 3.63) is 66.0 Å². The van der Waals surface area contributed by atoms with Crippen LogP contribution >= 0.6 is 0 Å². The molecule has 0 spiro atoms. The van der Waals surface area contributed by atoms with Gasteiger partial charge in [0, 0.05) is 50.0 Å². The highest BCUT2D eigenvalue weighted by Crippen LogP contribution is 2.28. The fourth-order valence-corrected chi connectivity index (χ4v) is 3.76. The third-order valence-corrected chi connectivity index (χ3v) is 5.68. The molecule has 7 heteroatoms. The molecule has 0 bridgehead atoms. The van der Waals surface area contributed by atoms with E-state index in [9.17, 15) is 14.0 Å². The van der Waals surface area contributed by atoms with Crippen LogP contribution in [0.25, 0.3) is 0 Å². The maximum atomic E-state index is 14.0. The summed E-state index contributed by atoms with van der Waals surface area (Å²) in [5.74, 6) is -0.185. The van der Waals surface area contributed by atoms with E-state index in [1.807, 2.05) is 41.3 Å². The van der Waals surface area contributed by atoms with Gasteiger partial charge < -0.3 is 15.1 Å². The number of hydrogen-bond acceptors (Lipinski definition) is 3. The second-order valence-electron chi connectivity index (χ2n) is 7.89. The third kappa shape index (κ3) is 5.16. The van der Waals surface area contributed by atoms with Crippen molar-refractivity contribution in [3.63, 3.8) is 0 Å². The maximum absolute atomic E-state index is 14.0. The van der Waals surface area contributed by atoms with E-state index in [4.69, 9.17) is 0 Å². The molecule has 2 aromatic rings. The first-order chi connectivity index (χ1) is 14.6. The zero-order chi connectivity index (χ0) is 20.9. The molecule has 0 atom stereocenters. The zero-order valence-electron chi connectivity index (χ0n) is 17.0. The van der Waals surface area contributed by atoms with Gasteiger partial charge in [-0.25, -0.2) is 9.18 Å². The molecule has 2 aliphatic rings. The molecular formula is C23H27FN4O2. The summed E-state index contributed by atoms with van der Waals surface area (Å²) in [5, 5.41) is 2.88. The summed E-state index contributed by atoms with van der Waals surface area (Å²) in [7, 11) is 0. The average molecular weight is 410 g/mol. The van der Waals surface area contributed by atoms with Gasteiger partial charge in [-0.1, -0.05) is 36.4 Å². The quantitative estimate of drug-likeness (QED) is 0.796. The first kappa shape index (κ1) is 20.3. The summed E-state index contributed by atoms with van der Waals surface area (Å²) >= 11 is 0. The van der Waals surface area contributed by atoms with Gasteiger partial charge in [0.25, 0.3) is 0 Å². The Kier molecular flexibility index (Phi) is 6.28. The van der Waals surface area contributed by atoms with Gasteiger partial charge in [0.15, 0.2) is 0 Å². The minimum Gasteiger partial charge on any atom is -0.338 e. The highest BCUT2D eigenvalue weighted by molar-refractivity contribution is 5.89. The molecule has 3 amide bonds. The molecule has 1 N–H and O–H groups in total. The van der Waals surface area contributed by atoms with Crippen LogP contribution in [0.4, 0.5) is 14.9 Å². The van der Waals surface area contributed by atoms with Crippen LogP contribution in [0.15, 0.2) is 54.6 Å². The van der Waals surface area contributed by atoms with E-state index in [1.54, 1.807) is 17.0 Å². The van der Waals surface area contributed by atoms with Crippen molar-refractivity contribution in [2.24, 2.45) is 0 Å². The molecule has 0 aromatic heterocycles. The monoisotopic (exact) mass is 410 g/mol. The number of anilines is 1. The van der Waals surface area contributed by atoms with Crippen molar-refractivity contribution < 1.29 is 14.0 Å². The van der Waals surface area contributed by atoms with Crippen LogP contribution in [0.3, 0.4) is 0 Å². The van der Waals surface area contributed by atoms with E-state index >= 15 is 0 Å². The summed E-state index contributed by atoms with van der Waals surface area (Å²) in [4.78, 5) is 30.9. The lowest BCUT2D eigenvalue weighted by atomic mass is 10.2. The van der Waals surface area contributed by atoms with Crippen LogP contribution in [0.5, 0.6) is 0 Å². The van der Waals surface area contributed by atoms with Crippen LogP contribution in [0.2, 0.25) is 0 Å². The predicted octanol–water partition coefficient (Wildman–Crippen LogP) is 3.17. The number of rotatable bonds is 6. The van der Waals surface area contributed by atoms with Gasteiger partial charge in [-0.3, -0.25) is 9.69 Å². The number of nitrogens with zero attached hydrogens (tertiary/aromatic N) is 3. The van der Waals surface area contributed by atoms with Gasteiger partial charge in [-0.15, -0.1) is 0 Å². The number of nitrogens with one attached hydrogen (secondary N) is 1. The lowest BCUT2D eigenvalue weighted by Crippen LogP contribution is -2.53. The molecule has 1 saturated heterocycles. The molecule has 6 nitrogen and oxygen atoms in total. The van der Waals surface area contributed by atoms with Crippen LogP contribution < -0.4 is 5.32 Å². The lowest BCUT2D eigenvalue weighted by molar-refractivity contribution is -0.134. The number of para-hydroxylation sites is 1. The van der Waals surface area contributed by atoms with Crippen LogP contribution in [-0.2, 0) is 11.3 Å². The van der Waals surface area contributed by atoms with E-state index in [1.165, 1.54) is 6.07 Å². The number of benzene rings is 2. The van der Waals surface area contributed by atoms with Crippen molar-refractivity contribution in [1.29, 1.82) is 0 Å². The zero-order valence-corrected chi connectivity index (χ0v) is 17.0. The minimum absolute atomic E-state index is 0.0429. The smallest absolute Gasteiger partial charge is 0.321 e. The van der Waals surface area contributed by atoms with Crippen molar-refractivity contribution >= 4 is 17.6 Å². The summed E-state index contributed by atoms with van der Waals surface area (Å²) in [5.41, 5.74) is 1.38. The van der Waals surface area contributed by atoms with Crippen molar-refractivity contribution in [2.45, 2.75) is 25.4 Å². The van der Waals surface area contributed by atoms with E-state index in [2.05, 4.69) is 10.2 Å². The van der Waals surface area contributed by atoms with Gasteiger partial charge in [0.2, 0.25) is 5.91 Å². The van der Waals surface area contributed by atoms with Crippen molar-refractivity contribution in [3.8, 4) is 0 Å². The first-order valence-corrected chi connectivity index (χ1v) is 10.5. The third-order valence-electron chi connectivity index (χ3n) is 5.68. The highest BCUT2D eigenvalue weighted by atomic mass is 19.1. The second kappa shape index (κ2) is 9.26. The molecule has 30 heavy (non-hydrogen) atoms. The molecule has 1 aliphatic heterocycles. The Morgan fingerprint density at radius 2 is 1.57 bits per heavy atom. The van der Waals surface area contributed by atoms with Gasteiger partial charge in [-0.05, 0) is 31.0 Å². The average Bonchev–Trinajstić information content (AvgIpc) is 3.61. The van der Waals surface area contributed by atoms with Gasteiger partial charge in [0.05, 0.1) is 6.54 Å². The molecular weight excluding hydrogens is 383 g/mol. The van der Waals surface area contributed by atoms with E-state index in [0.29, 0.717) is 44.3 Å². The molecule has 1 saturated carbocycles. The molecule has 2 fully saturated rings. The molecule has 0 radical (unpaired) electrons. The Balaban J connectivity index is 1.28. The number of urea groups is 1. The Morgan fingerprint density at radius 1 is 0.933 bits per heavy atom. The summed E-state index contributed by atoms with van der Waals surface area (Å²) in [6, 6.07) is 16.3. The fourth-order valence-electron chi connectivity index (χ4n) is 3.76. The maximum Gasteiger partial charge on any atom is 0.321 e. The number of piperazine rings is 1. The van der Waals surface area contributed by atoms with Crippen molar-refractivity contribution in [2.75, 3.05) is 38.0 Å². The summed E-state index contributed by atoms with van der Waals surface area (Å²) < 4.78 is 14.0. The van der Waals surface area contributed by atoms with Gasteiger partial charge in [-0.2, -0.15) is 0 Å². The van der Waals surface area contributed by atoms with E-state index in [-0.39, 0.29) is 24.3 Å². The Morgan fingerprint density at radius 3 is 2.23 bits per heavy atom. The predicted molar refractivity (Wildman–Crippen MR) is 113 cm³/mol. The highest BCUT2D eigenvalue weighted by Gasteiger charge is 2.33. The van der Waals surface area contributed by atoms with Crippen LogP contribution in [0, 0.1) is 5.82 Å². The summed E-state index contributed by atoms with van der Waals surface area (Å²) in [6.45, 7) is 2.76. The Hall–Kier alpha value is -2.93. The molecule has 158 valence electrons. The fraction of sp³-hybridized carbons (Fsp3) is 0.391. The van der Waals surface area contributed by atoms with Crippen LogP contribution in [0.1, 0.15) is 18.4 Å². The number of carbonyl (C=O) groups is 2. The summed E-state index contributed by atoms with van der Waals surface area (Å²) in [6.07, 6.45) is 2.10. The molecule has 1 aliphatic carbocycles. The largest absolute Gasteiger partial charge is 0.338 e. The Labute approximate surface area is 176 Å². The van der Waals surface area contributed by atoms with Crippen molar-refractivity contribution in [1.82, 2.24) is 14.7 Å². The van der Waals surface area contributed by atoms with E-state index < -0.39 is 0 Å². The number of carbonyl (C=O) groups excluding carboxylic acids is 2. The second-order valence-corrected chi connectivity index (χ2v) is 7.89. The molecule has 2 aromatic carbocycles. The Bertz CT molecular complexity index is 880. The standard InChI is InChI=1S/C23H27FN4O2/c24-21-9-5-4-6-18(21)16-28(20-10-11-20)17-22(29)26-12-14-27(15-13-26)23(30)25-19-7-2-1-3-8-19/h1-9,20H,10-17H2,(H,25,30). The lowest BCUT2D eigenvalue weighted by Gasteiger charge is -2.36. The molecule has 1 heterocycles. The topological polar surface area (TPSA) is 55.9 Å². The number of halogens is 1. The number of hydrogen-bond donors (Lipinski definition) is 1. The van der Waals surface area contributed by atoms with E-state index in [0.717, 1.165) is 18.5 Å². The molecule has 4 rings (SSSR count). The SMILES string of the molecule is O=C(CN(Cc1ccccc1F)C1CC1)N1CCN(C(=O)Nc2ccccc2)CC1. The minimum atomic E-state index is -0.228.